The summed E-state index contributed by atoms with van der Waals surface area (Å²) in [5, 5.41) is 12.7. The standard InChI is InChI=1S/C18H15F6NO2S/c1-27-12-4-2-3-10(7-12)14-9-28-15-8-11(5-6-13(15)25-14)16(26,17(19,20)21)18(22,23)24/h2-8,14,25-26H,9H2,1H3. The molecule has 0 aromatic heterocycles. The fourth-order valence-electron chi connectivity index (χ4n) is 2.91. The summed E-state index contributed by atoms with van der Waals surface area (Å²) in [5.74, 6) is 1.01. The van der Waals surface area contributed by atoms with Gasteiger partial charge < -0.3 is 15.2 Å². The van der Waals surface area contributed by atoms with Crippen molar-refractivity contribution >= 4 is 17.4 Å². The van der Waals surface area contributed by atoms with Crippen LogP contribution in [0.2, 0.25) is 0 Å². The lowest BCUT2D eigenvalue weighted by Crippen LogP contribution is -2.53. The van der Waals surface area contributed by atoms with Crippen molar-refractivity contribution in [3.8, 4) is 5.75 Å². The summed E-state index contributed by atoms with van der Waals surface area (Å²) in [4.78, 5) is 0.198. The molecule has 0 radical (unpaired) electrons. The summed E-state index contributed by atoms with van der Waals surface area (Å²) < 4.78 is 83.6. The zero-order valence-corrected chi connectivity index (χ0v) is 15.2. The molecule has 2 aromatic rings. The molecule has 0 spiro atoms. The van der Waals surface area contributed by atoms with E-state index in [9.17, 15) is 31.4 Å². The molecule has 3 rings (SSSR count). The molecule has 0 bridgehead atoms. The van der Waals surface area contributed by atoms with Gasteiger partial charge in [0.05, 0.1) is 13.2 Å². The number of aliphatic hydroxyl groups is 1. The normalized spacial score (nSPS) is 17.6. The quantitative estimate of drug-likeness (QED) is 0.661. The number of ether oxygens (including phenoxy) is 1. The number of fused-ring (bicyclic) bond motifs is 1. The zero-order valence-electron chi connectivity index (χ0n) is 14.4. The highest BCUT2D eigenvalue weighted by Gasteiger charge is 2.71. The van der Waals surface area contributed by atoms with Gasteiger partial charge in [-0.2, -0.15) is 26.3 Å². The van der Waals surface area contributed by atoms with Gasteiger partial charge in [-0.1, -0.05) is 18.2 Å². The molecule has 1 atom stereocenters. The van der Waals surface area contributed by atoms with Gasteiger partial charge in [0, 0.05) is 21.9 Å². The van der Waals surface area contributed by atoms with Crippen molar-refractivity contribution in [1.82, 2.24) is 0 Å². The monoisotopic (exact) mass is 423 g/mol. The average Bonchev–Trinajstić information content (AvgIpc) is 2.64. The molecule has 2 aromatic carbocycles. The van der Waals surface area contributed by atoms with Crippen LogP contribution in [0.4, 0.5) is 32.0 Å². The zero-order chi connectivity index (χ0) is 20.7. The van der Waals surface area contributed by atoms with Crippen LogP contribution in [0.1, 0.15) is 17.2 Å². The van der Waals surface area contributed by atoms with Crippen LogP contribution in [0.3, 0.4) is 0 Å². The molecule has 10 heteroatoms. The van der Waals surface area contributed by atoms with Gasteiger partial charge >= 0.3 is 12.4 Å². The maximum absolute atomic E-state index is 13.1. The Kier molecular flexibility index (Phi) is 5.22. The molecule has 1 aliphatic heterocycles. The molecule has 152 valence electrons. The largest absolute Gasteiger partial charge is 0.497 e. The third-order valence-corrected chi connectivity index (χ3v) is 5.60. The number of rotatable bonds is 3. The number of alkyl halides is 6. The summed E-state index contributed by atoms with van der Waals surface area (Å²) in [7, 11) is 1.52. The number of methoxy groups -OCH3 is 1. The Morgan fingerprint density at radius 3 is 2.32 bits per heavy atom. The molecule has 0 saturated carbocycles. The number of hydrogen-bond donors (Lipinski definition) is 2. The predicted octanol–water partition coefficient (Wildman–Crippen LogP) is 5.27. The highest BCUT2D eigenvalue weighted by Crippen LogP contribution is 2.51. The first kappa shape index (κ1) is 20.7. The summed E-state index contributed by atoms with van der Waals surface area (Å²) in [6, 6.07) is 9.46. The van der Waals surface area contributed by atoms with Crippen molar-refractivity contribution in [2.24, 2.45) is 0 Å². The summed E-state index contributed by atoms with van der Waals surface area (Å²) in [5.41, 5.74) is -4.94. The minimum absolute atomic E-state index is 0.198. The van der Waals surface area contributed by atoms with Gasteiger partial charge in [0.25, 0.3) is 5.60 Å². The van der Waals surface area contributed by atoms with E-state index in [1.54, 1.807) is 18.2 Å². The molecule has 0 fully saturated rings. The van der Waals surface area contributed by atoms with E-state index in [2.05, 4.69) is 5.32 Å². The Hall–Kier alpha value is -2.07. The molecule has 2 N–H and O–H groups in total. The second-order valence-electron chi connectivity index (χ2n) is 6.20. The van der Waals surface area contributed by atoms with Gasteiger partial charge in [-0.15, -0.1) is 11.8 Å². The van der Waals surface area contributed by atoms with Crippen LogP contribution in [0.5, 0.6) is 5.75 Å². The smallest absolute Gasteiger partial charge is 0.430 e. The van der Waals surface area contributed by atoms with E-state index < -0.39 is 23.5 Å². The molecule has 1 aliphatic rings. The van der Waals surface area contributed by atoms with Crippen LogP contribution in [0.15, 0.2) is 47.4 Å². The van der Waals surface area contributed by atoms with E-state index in [1.165, 1.54) is 7.11 Å². The maximum atomic E-state index is 13.1. The molecule has 0 aliphatic carbocycles. The maximum Gasteiger partial charge on any atom is 0.430 e. The van der Waals surface area contributed by atoms with Crippen molar-refractivity contribution in [3.63, 3.8) is 0 Å². The van der Waals surface area contributed by atoms with Gasteiger partial charge in [-0.25, -0.2) is 0 Å². The second kappa shape index (κ2) is 7.07. The molecule has 0 saturated heterocycles. The number of thioether (sulfide) groups is 1. The topological polar surface area (TPSA) is 41.5 Å². The fraction of sp³-hybridized carbons (Fsp3) is 0.333. The third-order valence-electron chi connectivity index (χ3n) is 4.45. The minimum Gasteiger partial charge on any atom is -0.497 e. The van der Waals surface area contributed by atoms with E-state index in [0.29, 0.717) is 23.3 Å². The van der Waals surface area contributed by atoms with Gasteiger partial charge in [-0.3, -0.25) is 0 Å². The molecule has 28 heavy (non-hydrogen) atoms. The van der Waals surface area contributed by atoms with E-state index in [4.69, 9.17) is 4.74 Å². The molecule has 0 amide bonds. The Morgan fingerprint density at radius 2 is 1.71 bits per heavy atom. The average molecular weight is 423 g/mol. The minimum atomic E-state index is -5.91. The van der Waals surface area contributed by atoms with Crippen molar-refractivity contribution < 1.29 is 36.2 Å². The summed E-state index contributed by atoms with van der Waals surface area (Å²) >= 11 is 1.11. The first-order valence-corrected chi connectivity index (χ1v) is 8.99. The highest BCUT2D eigenvalue weighted by atomic mass is 32.2. The molecule has 3 nitrogen and oxygen atoms in total. The van der Waals surface area contributed by atoms with E-state index in [-0.39, 0.29) is 10.9 Å². The Balaban J connectivity index is 1.93. The molecular formula is C18H15F6NO2S. The van der Waals surface area contributed by atoms with Gasteiger partial charge in [0.2, 0.25) is 0 Å². The lowest BCUT2D eigenvalue weighted by molar-refractivity contribution is -0.376. The lowest BCUT2D eigenvalue weighted by Gasteiger charge is -2.34. The van der Waals surface area contributed by atoms with Crippen molar-refractivity contribution in [1.29, 1.82) is 0 Å². The van der Waals surface area contributed by atoms with Crippen molar-refractivity contribution in [2.75, 3.05) is 18.2 Å². The Bertz CT molecular complexity index is 854. The number of halogens is 6. The fourth-order valence-corrected chi connectivity index (χ4v) is 4.03. The van der Waals surface area contributed by atoms with Crippen LogP contribution in [0.25, 0.3) is 0 Å². The lowest BCUT2D eigenvalue weighted by atomic mass is 9.92. The summed E-state index contributed by atoms with van der Waals surface area (Å²) in [6.45, 7) is 0. The number of hydrogen-bond acceptors (Lipinski definition) is 4. The molecular weight excluding hydrogens is 408 g/mol. The summed E-state index contributed by atoms with van der Waals surface area (Å²) in [6.07, 6.45) is -11.8. The molecule has 1 heterocycles. The Labute approximate surface area is 160 Å². The van der Waals surface area contributed by atoms with E-state index in [0.717, 1.165) is 29.5 Å². The second-order valence-corrected chi connectivity index (χ2v) is 7.26. The van der Waals surface area contributed by atoms with Crippen LogP contribution < -0.4 is 10.1 Å². The third kappa shape index (κ3) is 3.50. The predicted molar refractivity (Wildman–Crippen MR) is 92.5 cm³/mol. The molecule has 1 unspecified atom stereocenters. The van der Waals surface area contributed by atoms with Gasteiger partial charge in [0.1, 0.15) is 5.75 Å². The first-order valence-electron chi connectivity index (χ1n) is 8.01. The highest BCUT2D eigenvalue weighted by molar-refractivity contribution is 7.99. The van der Waals surface area contributed by atoms with E-state index >= 15 is 0 Å². The van der Waals surface area contributed by atoms with Crippen molar-refractivity contribution in [2.45, 2.75) is 28.9 Å². The van der Waals surface area contributed by atoms with Gasteiger partial charge in [0.15, 0.2) is 0 Å². The van der Waals surface area contributed by atoms with E-state index in [1.807, 2.05) is 6.07 Å². The van der Waals surface area contributed by atoms with Crippen molar-refractivity contribution in [3.05, 3.63) is 53.6 Å². The van der Waals surface area contributed by atoms with Crippen LogP contribution in [-0.4, -0.2) is 30.3 Å². The Morgan fingerprint density at radius 1 is 1.04 bits per heavy atom. The number of nitrogens with one attached hydrogen (secondary N) is 1. The van der Waals surface area contributed by atoms with Gasteiger partial charge in [-0.05, 0) is 29.8 Å². The van der Waals surface area contributed by atoms with Crippen LogP contribution >= 0.6 is 11.8 Å². The SMILES string of the molecule is COc1cccc(C2CSc3cc(C(O)(C(F)(F)F)C(F)(F)F)ccc3N2)c1. The van der Waals surface area contributed by atoms with Crippen LogP contribution in [-0.2, 0) is 5.60 Å². The first-order chi connectivity index (χ1) is 13.0. The van der Waals surface area contributed by atoms with Crippen LogP contribution in [0, 0.1) is 0 Å². The number of anilines is 1. The number of benzene rings is 2.